The number of aromatic carboxylic acids is 1. The maximum absolute atomic E-state index is 10.8. The van der Waals surface area contributed by atoms with Gasteiger partial charge in [-0.25, -0.2) is 9.78 Å². The Bertz CT molecular complexity index is 462. The zero-order chi connectivity index (χ0) is 13.8. The van der Waals surface area contributed by atoms with Crippen molar-refractivity contribution in [3.8, 4) is 5.88 Å². The van der Waals surface area contributed by atoms with Crippen molar-refractivity contribution in [1.29, 1.82) is 0 Å². The van der Waals surface area contributed by atoms with E-state index in [0.29, 0.717) is 17.5 Å². The lowest BCUT2D eigenvalue weighted by molar-refractivity contribution is 0.0696. The van der Waals surface area contributed by atoms with Crippen molar-refractivity contribution in [1.82, 2.24) is 4.98 Å². The van der Waals surface area contributed by atoms with Gasteiger partial charge in [-0.1, -0.05) is 19.8 Å². The second-order valence-electron chi connectivity index (χ2n) is 5.10. The fourth-order valence-corrected chi connectivity index (χ4v) is 2.56. The average Bonchev–Trinajstić information content (AvgIpc) is 2.41. The van der Waals surface area contributed by atoms with E-state index in [1.54, 1.807) is 0 Å². The molecular formula is C14H20N2O3. The predicted octanol–water partition coefficient (Wildman–Crippen LogP) is 2.71. The molecule has 1 aromatic rings. The molecule has 0 aliphatic heterocycles. The minimum Gasteiger partial charge on any atom is -0.478 e. The van der Waals surface area contributed by atoms with Crippen LogP contribution in [0.3, 0.4) is 0 Å². The number of carboxylic acids is 1. The van der Waals surface area contributed by atoms with E-state index in [4.69, 9.17) is 15.6 Å². The van der Waals surface area contributed by atoms with Gasteiger partial charge in [-0.3, -0.25) is 0 Å². The van der Waals surface area contributed by atoms with Crippen LogP contribution in [0.25, 0.3) is 0 Å². The average molecular weight is 264 g/mol. The highest BCUT2D eigenvalue weighted by molar-refractivity contribution is 5.88. The van der Waals surface area contributed by atoms with Crippen LogP contribution in [0.1, 0.15) is 49.4 Å². The van der Waals surface area contributed by atoms with Crippen LogP contribution in [0, 0.1) is 5.92 Å². The molecule has 2 atom stereocenters. The summed E-state index contributed by atoms with van der Waals surface area (Å²) >= 11 is 0. The lowest BCUT2D eigenvalue weighted by Gasteiger charge is -2.28. The Morgan fingerprint density at radius 1 is 1.58 bits per heavy atom. The third-order valence-corrected chi connectivity index (χ3v) is 3.72. The minimum absolute atomic E-state index is 0.0833. The summed E-state index contributed by atoms with van der Waals surface area (Å²) in [6.45, 7) is 2.20. The first kappa shape index (κ1) is 13.6. The highest BCUT2D eigenvalue weighted by atomic mass is 16.5. The van der Waals surface area contributed by atoms with Gasteiger partial charge in [0.25, 0.3) is 0 Å². The standard InChI is InChI=1S/C14H20N2O3/c1-2-9-4-3-5-11(6-9)19-13-12(15)7-10(8-16-13)14(17)18/h7-9,11H,2-6,15H2,1H3,(H,17,18). The fourth-order valence-electron chi connectivity index (χ4n) is 2.56. The Morgan fingerprint density at radius 3 is 3.00 bits per heavy atom. The molecule has 2 unspecified atom stereocenters. The van der Waals surface area contributed by atoms with E-state index in [9.17, 15) is 4.79 Å². The molecule has 0 bridgehead atoms. The molecule has 1 heterocycles. The van der Waals surface area contributed by atoms with Gasteiger partial charge in [-0.15, -0.1) is 0 Å². The molecule has 1 aromatic heterocycles. The highest BCUT2D eigenvalue weighted by Gasteiger charge is 2.23. The SMILES string of the molecule is CCC1CCCC(Oc2ncc(C(=O)O)cc2N)C1. The van der Waals surface area contributed by atoms with Gasteiger partial charge < -0.3 is 15.6 Å². The number of nitrogens with zero attached hydrogens (tertiary/aromatic N) is 1. The van der Waals surface area contributed by atoms with Gasteiger partial charge in [0.2, 0.25) is 5.88 Å². The highest BCUT2D eigenvalue weighted by Crippen LogP contribution is 2.30. The molecule has 5 nitrogen and oxygen atoms in total. The summed E-state index contributed by atoms with van der Waals surface area (Å²) in [6.07, 6.45) is 7.06. The van der Waals surface area contributed by atoms with Crippen molar-refractivity contribution in [2.75, 3.05) is 5.73 Å². The van der Waals surface area contributed by atoms with E-state index in [2.05, 4.69) is 11.9 Å². The summed E-state index contributed by atoms with van der Waals surface area (Å²) in [4.78, 5) is 14.8. The third kappa shape index (κ3) is 3.36. The number of pyridine rings is 1. The van der Waals surface area contributed by atoms with Crippen LogP contribution in [-0.2, 0) is 0 Å². The van der Waals surface area contributed by atoms with Gasteiger partial charge in [0.15, 0.2) is 0 Å². The van der Waals surface area contributed by atoms with Gasteiger partial charge >= 0.3 is 5.97 Å². The van der Waals surface area contributed by atoms with E-state index in [1.165, 1.54) is 25.1 Å². The largest absolute Gasteiger partial charge is 0.478 e. The van der Waals surface area contributed by atoms with E-state index in [0.717, 1.165) is 19.3 Å². The number of rotatable bonds is 4. The molecule has 104 valence electrons. The van der Waals surface area contributed by atoms with Crippen molar-refractivity contribution in [2.45, 2.75) is 45.1 Å². The predicted molar refractivity (Wildman–Crippen MR) is 72.3 cm³/mol. The Labute approximate surface area is 112 Å². The Morgan fingerprint density at radius 2 is 2.37 bits per heavy atom. The second-order valence-corrected chi connectivity index (χ2v) is 5.10. The molecule has 0 aromatic carbocycles. The molecule has 0 saturated heterocycles. The quantitative estimate of drug-likeness (QED) is 0.873. The van der Waals surface area contributed by atoms with Gasteiger partial charge in [-0.2, -0.15) is 0 Å². The maximum Gasteiger partial charge on any atom is 0.337 e. The Hall–Kier alpha value is -1.78. The van der Waals surface area contributed by atoms with Crippen LogP contribution < -0.4 is 10.5 Å². The molecule has 0 radical (unpaired) electrons. The summed E-state index contributed by atoms with van der Waals surface area (Å²) in [5.41, 5.74) is 6.17. The van der Waals surface area contributed by atoms with Gasteiger partial charge in [0.1, 0.15) is 6.10 Å². The molecule has 0 spiro atoms. The maximum atomic E-state index is 10.8. The zero-order valence-electron chi connectivity index (χ0n) is 11.1. The first-order chi connectivity index (χ1) is 9.10. The van der Waals surface area contributed by atoms with Crippen molar-refractivity contribution in [3.63, 3.8) is 0 Å². The number of anilines is 1. The number of hydrogen-bond acceptors (Lipinski definition) is 4. The molecule has 3 N–H and O–H groups in total. The van der Waals surface area contributed by atoms with Crippen LogP contribution in [0.4, 0.5) is 5.69 Å². The van der Waals surface area contributed by atoms with Gasteiger partial charge in [0, 0.05) is 6.20 Å². The smallest absolute Gasteiger partial charge is 0.337 e. The van der Waals surface area contributed by atoms with Gasteiger partial charge in [0.05, 0.1) is 11.3 Å². The summed E-state index contributed by atoms with van der Waals surface area (Å²) in [7, 11) is 0. The topological polar surface area (TPSA) is 85.4 Å². The molecule has 19 heavy (non-hydrogen) atoms. The molecule has 5 heteroatoms. The summed E-state index contributed by atoms with van der Waals surface area (Å²) in [6, 6.07) is 1.39. The van der Waals surface area contributed by atoms with Crippen molar-refractivity contribution >= 4 is 11.7 Å². The molecule has 1 fully saturated rings. The second kappa shape index (κ2) is 5.91. The van der Waals surface area contributed by atoms with E-state index in [1.807, 2.05) is 0 Å². The molecule has 1 saturated carbocycles. The monoisotopic (exact) mass is 264 g/mol. The van der Waals surface area contributed by atoms with Crippen LogP contribution in [-0.4, -0.2) is 22.2 Å². The van der Waals surface area contributed by atoms with E-state index >= 15 is 0 Å². The number of aromatic nitrogens is 1. The lowest BCUT2D eigenvalue weighted by Crippen LogP contribution is -2.25. The summed E-state index contributed by atoms with van der Waals surface area (Å²) in [5.74, 6) is 0.0273. The fraction of sp³-hybridized carbons (Fsp3) is 0.571. The van der Waals surface area contributed by atoms with Crippen LogP contribution in [0.2, 0.25) is 0 Å². The third-order valence-electron chi connectivity index (χ3n) is 3.72. The van der Waals surface area contributed by atoms with E-state index in [-0.39, 0.29) is 11.7 Å². The lowest BCUT2D eigenvalue weighted by atomic mass is 9.85. The van der Waals surface area contributed by atoms with Crippen LogP contribution in [0.5, 0.6) is 5.88 Å². The number of hydrogen-bond donors (Lipinski definition) is 2. The molecule has 1 aliphatic carbocycles. The minimum atomic E-state index is -1.03. The molecule has 1 aliphatic rings. The van der Waals surface area contributed by atoms with E-state index < -0.39 is 5.97 Å². The Kier molecular flexibility index (Phi) is 4.24. The first-order valence-electron chi connectivity index (χ1n) is 6.75. The number of ether oxygens (including phenoxy) is 1. The summed E-state index contributed by atoms with van der Waals surface area (Å²) < 4.78 is 5.82. The van der Waals surface area contributed by atoms with Crippen LogP contribution in [0.15, 0.2) is 12.3 Å². The molecule has 2 rings (SSSR count). The number of carboxylic acid groups (broad SMARTS) is 1. The number of carbonyl (C=O) groups is 1. The molecule has 0 amide bonds. The van der Waals surface area contributed by atoms with Crippen molar-refractivity contribution in [2.24, 2.45) is 5.92 Å². The van der Waals surface area contributed by atoms with Crippen molar-refractivity contribution in [3.05, 3.63) is 17.8 Å². The zero-order valence-corrected chi connectivity index (χ0v) is 11.1. The first-order valence-corrected chi connectivity index (χ1v) is 6.75. The van der Waals surface area contributed by atoms with Gasteiger partial charge in [-0.05, 0) is 31.2 Å². The van der Waals surface area contributed by atoms with Crippen LogP contribution >= 0.6 is 0 Å². The number of nitrogens with two attached hydrogens (primary N) is 1. The summed E-state index contributed by atoms with van der Waals surface area (Å²) in [5, 5.41) is 8.85. The normalized spacial score (nSPS) is 23.0. The number of nitrogen functional groups attached to an aromatic ring is 1. The van der Waals surface area contributed by atoms with Crippen molar-refractivity contribution < 1.29 is 14.6 Å². The Balaban J connectivity index is 2.04. The molecular weight excluding hydrogens is 244 g/mol.